The predicted octanol–water partition coefficient (Wildman–Crippen LogP) is 3.74. The lowest BCUT2D eigenvalue weighted by atomic mass is 9.70. The van der Waals surface area contributed by atoms with Gasteiger partial charge in [0.05, 0.1) is 41.3 Å². The molecule has 1 N–H and O–H groups in total. The molecule has 9 heteroatoms. The number of nitrogens with zero attached hydrogens (tertiary/aromatic N) is 3. The topological polar surface area (TPSA) is 90.4 Å². The summed E-state index contributed by atoms with van der Waals surface area (Å²) < 4.78 is 6.60. The Kier molecular flexibility index (Phi) is 8.88. The standard InChI is InChI=1S/C30H40ClN3O5/c1-6-15-32(16-7-2)27(36)23-22-13-14-30(39-22)24(23)28(37)34(20(9-4)18-35)26(30)29(38)33(17-8-3)25-19(5)11-10-12-21(25)31/h6,8,10-12,20,22-24,26,35H,1,3,7,9,13-18H2,2,4-5H3/t20-,22+,23-,24-,26?,30?/m0/s1. The second-order valence-corrected chi connectivity index (χ2v) is 11.2. The Morgan fingerprint density at radius 3 is 2.56 bits per heavy atom. The van der Waals surface area contributed by atoms with Gasteiger partial charge in [-0.05, 0) is 44.2 Å². The van der Waals surface area contributed by atoms with Crippen LogP contribution in [-0.4, -0.2) is 82.7 Å². The minimum atomic E-state index is -1.16. The number of carbonyl (C=O) groups excluding carboxylic acids is 3. The number of rotatable bonds is 12. The molecule has 2 bridgehead atoms. The van der Waals surface area contributed by atoms with Gasteiger partial charge in [-0.15, -0.1) is 13.2 Å². The summed E-state index contributed by atoms with van der Waals surface area (Å²) in [5.74, 6) is -2.29. The van der Waals surface area contributed by atoms with E-state index in [1.807, 2.05) is 32.9 Å². The zero-order valence-electron chi connectivity index (χ0n) is 23.1. The van der Waals surface area contributed by atoms with Crippen LogP contribution in [0.3, 0.4) is 0 Å². The largest absolute Gasteiger partial charge is 0.394 e. The Hall–Kier alpha value is -2.68. The van der Waals surface area contributed by atoms with Crippen molar-refractivity contribution in [2.24, 2.45) is 11.8 Å². The molecule has 39 heavy (non-hydrogen) atoms. The maximum atomic E-state index is 14.6. The molecule has 3 amide bonds. The number of aryl methyl sites for hydroxylation is 1. The van der Waals surface area contributed by atoms with Crippen molar-refractivity contribution in [3.05, 3.63) is 54.1 Å². The van der Waals surface area contributed by atoms with Crippen LogP contribution < -0.4 is 4.90 Å². The molecule has 0 saturated carbocycles. The minimum Gasteiger partial charge on any atom is -0.394 e. The summed E-state index contributed by atoms with van der Waals surface area (Å²) in [5, 5.41) is 10.7. The van der Waals surface area contributed by atoms with Gasteiger partial charge in [0.1, 0.15) is 11.6 Å². The van der Waals surface area contributed by atoms with Crippen LogP contribution in [0.4, 0.5) is 5.69 Å². The lowest BCUT2D eigenvalue weighted by Gasteiger charge is -2.39. The van der Waals surface area contributed by atoms with Gasteiger partial charge in [0, 0.05) is 19.6 Å². The maximum Gasteiger partial charge on any atom is 0.253 e. The number of hydrogen-bond donors (Lipinski definition) is 1. The molecule has 4 rings (SSSR count). The summed E-state index contributed by atoms with van der Waals surface area (Å²) in [6.07, 6.45) is 5.13. The van der Waals surface area contributed by atoms with Crippen LogP contribution in [0.5, 0.6) is 0 Å². The van der Waals surface area contributed by atoms with E-state index in [1.165, 1.54) is 4.90 Å². The van der Waals surface area contributed by atoms with Crippen molar-refractivity contribution in [3.63, 3.8) is 0 Å². The molecule has 0 aromatic heterocycles. The second kappa shape index (κ2) is 11.8. The molecule has 0 radical (unpaired) electrons. The fraction of sp³-hybridized carbons (Fsp3) is 0.567. The number of ether oxygens (including phenoxy) is 1. The van der Waals surface area contributed by atoms with Crippen LogP contribution in [0.2, 0.25) is 5.02 Å². The van der Waals surface area contributed by atoms with Crippen LogP contribution in [-0.2, 0) is 19.1 Å². The number of anilines is 1. The fourth-order valence-electron chi connectivity index (χ4n) is 6.92. The summed E-state index contributed by atoms with van der Waals surface area (Å²) >= 11 is 6.60. The van der Waals surface area contributed by atoms with Gasteiger partial charge >= 0.3 is 0 Å². The van der Waals surface area contributed by atoms with Crippen LogP contribution in [0.1, 0.15) is 45.1 Å². The minimum absolute atomic E-state index is 0.142. The Morgan fingerprint density at radius 1 is 1.26 bits per heavy atom. The summed E-state index contributed by atoms with van der Waals surface area (Å²) in [6, 6.07) is 3.81. The van der Waals surface area contributed by atoms with Crippen LogP contribution in [0.15, 0.2) is 43.5 Å². The highest BCUT2D eigenvalue weighted by atomic mass is 35.5. The highest BCUT2D eigenvalue weighted by molar-refractivity contribution is 6.34. The first-order chi connectivity index (χ1) is 18.7. The Balaban J connectivity index is 1.83. The Labute approximate surface area is 236 Å². The second-order valence-electron chi connectivity index (χ2n) is 10.8. The number of aliphatic hydroxyl groups excluding tert-OH is 1. The van der Waals surface area contributed by atoms with Crippen molar-refractivity contribution in [2.75, 3.05) is 31.1 Å². The van der Waals surface area contributed by atoms with Gasteiger partial charge in [-0.25, -0.2) is 0 Å². The van der Waals surface area contributed by atoms with E-state index in [9.17, 15) is 19.5 Å². The molecule has 2 unspecified atom stereocenters. The summed E-state index contributed by atoms with van der Waals surface area (Å²) in [7, 11) is 0. The van der Waals surface area contributed by atoms with E-state index < -0.39 is 35.6 Å². The first-order valence-corrected chi connectivity index (χ1v) is 14.3. The monoisotopic (exact) mass is 557 g/mol. The normalized spacial score (nSPS) is 27.8. The number of amides is 3. The van der Waals surface area contributed by atoms with Gasteiger partial charge in [0.25, 0.3) is 5.91 Å². The van der Waals surface area contributed by atoms with Gasteiger partial charge in [-0.3, -0.25) is 14.4 Å². The predicted molar refractivity (Wildman–Crippen MR) is 151 cm³/mol. The molecule has 8 nitrogen and oxygen atoms in total. The van der Waals surface area contributed by atoms with E-state index in [0.29, 0.717) is 43.1 Å². The Bertz CT molecular complexity index is 1120. The first kappa shape index (κ1) is 29.3. The zero-order valence-corrected chi connectivity index (χ0v) is 23.9. The lowest BCUT2D eigenvalue weighted by molar-refractivity contribution is -0.147. The highest BCUT2D eigenvalue weighted by Gasteiger charge is 2.75. The van der Waals surface area contributed by atoms with Crippen molar-refractivity contribution in [2.45, 2.75) is 70.2 Å². The molecular formula is C30H40ClN3O5. The molecule has 3 aliphatic rings. The summed E-state index contributed by atoms with van der Waals surface area (Å²) in [5.41, 5.74) is 0.192. The third kappa shape index (κ3) is 4.70. The number of fused-ring (bicyclic) bond motifs is 1. The van der Waals surface area contributed by atoms with Crippen molar-refractivity contribution in [1.29, 1.82) is 0 Å². The molecule has 1 aromatic carbocycles. The van der Waals surface area contributed by atoms with E-state index in [0.717, 1.165) is 12.0 Å². The quantitative estimate of drug-likeness (QED) is 0.395. The van der Waals surface area contributed by atoms with Gasteiger partial charge in [-0.2, -0.15) is 0 Å². The first-order valence-electron chi connectivity index (χ1n) is 13.9. The Morgan fingerprint density at radius 2 is 1.97 bits per heavy atom. The van der Waals surface area contributed by atoms with Crippen molar-refractivity contribution in [1.82, 2.24) is 9.80 Å². The zero-order chi connectivity index (χ0) is 28.5. The number of hydrogen-bond acceptors (Lipinski definition) is 5. The highest BCUT2D eigenvalue weighted by Crippen LogP contribution is 2.59. The van der Waals surface area contributed by atoms with Crippen LogP contribution in [0.25, 0.3) is 0 Å². The molecule has 3 heterocycles. The number of para-hydroxylation sites is 1. The molecule has 1 aromatic rings. The fourth-order valence-corrected chi connectivity index (χ4v) is 7.24. The van der Waals surface area contributed by atoms with Crippen LogP contribution >= 0.6 is 11.6 Å². The molecule has 212 valence electrons. The molecular weight excluding hydrogens is 518 g/mol. The molecule has 0 aliphatic carbocycles. The van der Waals surface area contributed by atoms with E-state index in [-0.39, 0.29) is 30.9 Å². The smallest absolute Gasteiger partial charge is 0.253 e. The third-order valence-corrected chi connectivity index (χ3v) is 8.83. The average Bonchev–Trinajstić information content (AvgIpc) is 3.56. The van der Waals surface area contributed by atoms with E-state index in [4.69, 9.17) is 16.3 Å². The molecule has 3 aliphatic heterocycles. The van der Waals surface area contributed by atoms with E-state index in [2.05, 4.69) is 13.2 Å². The van der Waals surface area contributed by atoms with E-state index >= 15 is 0 Å². The maximum absolute atomic E-state index is 14.6. The molecule has 1 spiro atoms. The number of likely N-dealkylation sites (tertiary alicyclic amines) is 1. The third-order valence-electron chi connectivity index (χ3n) is 8.52. The summed E-state index contributed by atoms with van der Waals surface area (Å²) in [4.78, 5) is 47.6. The average molecular weight is 558 g/mol. The van der Waals surface area contributed by atoms with Crippen LogP contribution in [0, 0.1) is 18.8 Å². The van der Waals surface area contributed by atoms with Crippen molar-refractivity contribution < 1.29 is 24.2 Å². The SMILES string of the molecule is C=CCN(CCC)C(=O)[C@@H]1[C@H]2C(=O)N([C@@H](CC)CO)C(C(=O)N(CC=C)c3c(C)cccc3Cl)C23CC[C@H]1O3. The number of aliphatic hydroxyl groups is 1. The molecule has 6 atom stereocenters. The van der Waals surface area contributed by atoms with Crippen molar-refractivity contribution >= 4 is 35.0 Å². The molecule has 3 fully saturated rings. The number of carbonyl (C=O) groups is 3. The van der Waals surface area contributed by atoms with Gasteiger partial charge in [0.15, 0.2) is 0 Å². The summed E-state index contributed by atoms with van der Waals surface area (Å²) in [6.45, 7) is 14.2. The van der Waals surface area contributed by atoms with E-state index in [1.54, 1.807) is 28.0 Å². The lowest BCUT2D eigenvalue weighted by Crippen LogP contribution is -2.59. The number of benzene rings is 1. The van der Waals surface area contributed by atoms with Gasteiger partial charge in [0.2, 0.25) is 11.8 Å². The molecule has 3 saturated heterocycles. The number of halogens is 1. The van der Waals surface area contributed by atoms with Crippen molar-refractivity contribution in [3.8, 4) is 0 Å². The van der Waals surface area contributed by atoms with Gasteiger partial charge < -0.3 is 24.5 Å². The van der Waals surface area contributed by atoms with Gasteiger partial charge in [-0.1, -0.05) is 49.7 Å².